The first-order valence-electron chi connectivity index (χ1n) is 6.39. The first kappa shape index (κ1) is 13.5. The third kappa shape index (κ3) is 3.53. The predicted molar refractivity (Wildman–Crippen MR) is 72.2 cm³/mol. The molecule has 0 saturated carbocycles. The molecule has 0 atom stereocenters. The molecular formula is C16H16F2O. The van der Waals surface area contributed by atoms with Gasteiger partial charge in [0.25, 0.3) is 0 Å². The quantitative estimate of drug-likeness (QED) is 0.702. The van der Waals surface area contributed by atoms with Gasteiger partial charge in [-0.05, 0) is 36.2 Å². The summed E-state index contributed by atoms with van der Waals surface area (Å²) in [6.07, 6.45) is 2.09. The van der Waals surface area contributed by atoms with E-state index in [1.54, 1.807) is 24.3 Å². The van der Waals surface area contributed by atoms with E-state index in [0.717, 1.165) is 24.7 Å². The van der Waals surface area contributed by atoms with Crippen LogP contribution in [0.5, 0.6) is 5.75 Å². The number of rotatable bonds is 5. The average Bonchev–Trinajstić information content (AvgIpc) is 2.40. The van der Waals surface area contributed by atoms with Crippen LogP contribution in [0.25, 0.3) is 11.1 Å². The van der Waals surface area contributed by atoms with Gasteiger partial charge < -0.3 is 4.74 Å². The summed E-state index contributed by atoms with van der Waals surface area (Å²) in [5.41, 5.74) is 1.10. The summed E-state index contributed by atoms with van der Waals surface area (Å²) < 4.78 is 32.0. The molecule has 2 rings (SSSR count). The Bertz CT molecular complexity index is 535. The molecule has 2 aromatic rings. The topological polar surface area (TPSA) is 9.23 Å². The lowest BCUT2D eigenvalue weighted by molar-refractivity contribution is 0.309. The van der Waals surface area contributed by atoms with Crippen LogP contribution in [0.4, 0.5) is 8.78 Å². The fourth-order valence-corrected chi connectivity index (χ4v) is 1.79. The van der Waals surface area contributed by atoms with Crippen molar-refractivity contribution in [2.75, 3.05) is 6.61 Å². The minimum atomic E-state index is -0.569. The maximum atomic E-state index is 13.6. The SMILES string of the molecule is CCCCOc1ccc(-c2ccc(F)cc2F)cc1. The van der Waals surface area contributed by atoms with Gasteiger partial charge in [-0.3, -0.25) is 0 Å². The Labute approximate surface area is 111 Å². The molecule has 0 aliphatic heterocycles. The van der Waals surface area contributed by atoms with E-state index in [9.17, 15) is 8.78 Å². The molecule has 0 aliphatic carbocycles. The van der Waals surface area contributed by atoms with E-state index in [1.165, 1.54) is 12.1 Å². The second kappa shape index (κ2) is 6.32. The van der Waals surface area contributed by atoms with Gasteiger partial charge in [-0.2, -0.15) is 0 Å². The molecule has 1 nitrogen and oxygen atoms in total. The van der Waals surface area contributed by atoms with E-state index in [4.69, 9.17) is 4.74 Å². The number of halogens is 2. The summed E-state index contributed by atoms with van der Waals surface area (Å²) in [4.78, 5) is 0. The van der Waals surface area contributed by atoms with Crippen molar-refractivity contribution < 1.29 is 13.5 Å². The molecule has 0 saturated heterocycles. The second-order valence-corrected chi connectivity index (χ2v) is 4.35. The number of hydrogen-bond acceptors (Lipinski definition) is 1. The van der Waals surface area contributed by atoms with Gasteiger partial charge in [-0.25, -0.2) is 8.78 Å². The van der Waals surface area contributed by atoms with Crippen LogP contribution in [-0.4, -0.2) is 6.61 Å². The maximum Gasteiger partial charge on any atom is 0.133 e. The molecule has 19 heavy (non-hydrogen) atoms. The van der Waals surface area contributed by atoms with E-state index in [1.807, 2.05) is 0 Å². The summed E-state index contributed by atoms with van der Waals surface area (Å²) in [5, 5.41) is 0. The highest BCUT2D eigenvalue weighted by atomic mass is 19.1. The third-order valence-corrected chi connectivity index (χ3v) is 2.86. The normalized spacial score (nSPS) is 10.5. The largest absolute Gasteiger partial charge is 0.494 e. The van der Waals surface area contributed by atoms with Gasteiger partial charge in [0.1, 0.15) is 17.4 Å². The molecule has 0 amide bonds. The lowest BCUT2D eigenvalue weighted by Gasteiger charge is -2.07. The van der Waals surface area contributed by atoms with Crippen LogP contribution in [0.2, 0.25) is 0 Å². The van der Waals surface area contributed by atoms with Crippen molar-refractivity contribution in [3.8, 4) is 16.9 Å². The molecule has 0 aliphatic rings. The van der Waals surface area contributed by atoms with Crippen molar-refractivity contribution in [2.45, 2.75) is 19.8 Å². The van der Waals surface area contributed by atoms with Crippen molar-refractivity contribution in [1.29, 1.82) is 0 Å². The Hall–Kier alpha value is -1.90. The van der Waals surface area contributed by atoms with Crippen molar-refractivity contribution >= 4 is 0 Å². The van der Waals surface area contributed by atoms with E-state index >= 15 is 0 Å². The smallest absolute Gasteiger partial charge is 0.133 e. The third-order valence-electron chi connectivity index (χ3n) is 2.86. The Morgan fingerprint density at radius 2 is 1.74 bits per heavy atom. The molecule has 2 aromatic carbocycles. The Morgan fingerprint density at radius 1 is 1.00 bits per heavy atom. The highest BCUT2D eigenvalue weighted by molar-refractivity contribution is 5.64. The van der Waals surface area contributed by atoms with Crippen molar-refractivity contribution in [1.82, 2.24) is 0 Å². The average molecular weight is 262 g/mol. The minimum absolute atomic E-state index is 0.390. The lowest BCUT2D eigenvalue weighted by atomic mass is 10.1. The summed E-state index contributed by atoms with van der Waals surface area (Å²) in [6, 6.07) is 10.7. The van der Waals surface area contributed by atoms with E-state index in [2.05, 4.69) is 6.92 Å². The molecule has 0 N–H and O–H groups in total. The van der Waals surface area contributed by atoms with Gasteiger partial charge in [-0.15, -0.1) is 0 Å². The van der Waals surface area contributed by atoms with Gasteiger partial charge in [0.15, 0.2) is 0 Å². The lowest BCUT2D eigenvalue weighted by Crippen LogP contribution is -1.96. The Morgan fingerprint density at radius 3 is 2.37 bits per heavy atom. The number of ether oxygens (including phenoxy) is 1. The highest BCUT2D eigenvalue weighted by Crippen LogP contribution is 2.25. The first-order valence-corrected chi connectivity index (χ1v) is 6.39. The number of hydrogen-bond donors (Lipinski definition) is 0. The molecule has 0 radical (unpaired) electrons. The molecule has 0 bridgehead atoms. The number of unbranched alkanes of at least 4 members (excludes halogenated alkanes) is 1. The predicted octanol–water partition coefficient (Wildman–Crippen LogP) is 4.81. The molecule has 100 valence electrons. The van der Waals surface area contributed by atoms with Crippen LogP contribution < -0.4 is 4.74 Å². The van der Waals surface area contributed by atoms with Crippen LogP contribution in [0.15, 0.2) is 42.5 Å². The highest BCUT2D eigenvalue weighted by Gasteiger charge is 2.06. The van der Waals surface area contributed by atoms with E-state index in [-0.39, 0.29) is 0 Å². The monoisotopic (exact) mass is 262 g/mol. The van der Waals surface area contributed by atoms with Gasteiger partial charge in [0.05, 0.1) is 6.61 Å². The first-order chi connectivity index (χ1) is 9.20. The molecule has 0 heterocycles. The second-order valence-electron chi connectivity index (χ2n) is 4.35. The van der Waals surface area contributed by atoms with Crippen molar-refractivity contribution in [3.05, 3.63) is 54.1 Å². The Kier molecular flexibility index (Phi) is 4.50. The van der Waals surface area contributed by atoms with Gasteiger partial charge in [0, 0.05) is 11.6 Å². The molecule has 3 heteroatoms. The zero-order valence-corrected chi connectivity index (χ0v) is 10.8. The minimum Gasteiger partial charge on any atom is -0.494 e. The van der Waals surface area contributed by atoms with E-state index in [0.29, 0.717) is 17.7 Å². The van der Waals surface area contributed by atoms with E-state index < -0.39 is 11.6 Å². The van der Waals surface area contributed by atoms with Crippen molar-refractivity contribution in [3.63, 3.8) is 0 Å². The van der Waals surface area contributed by atoms with Gasteiger partial charge in [-0.1, -0.05) is 25.5 Å². The van der Waals surface area contributed by atoms with Gasteiger partial charge >= 0.3 is 0 Å². The fraction of sp³-hybridized carbons (Fsp3) is 0.250. The molecule has 0 spiro atoms. The van der Waals surface area contributed by atoms with Crippen LogP contribution in [0.1, 0.15) is 19.8 Å². The van der Waals surface area contributed by atoms with Crippen LogP contribution in [0.3, 0.4) is 0 Å². The standard InChI is InChI=1S/C16H16F2O/c1-2-3-10-19-14-7-4-12(5-8-14)15-9-6-13(17)11-16(15)18/h4-9,11H,2-3,10H2,1H3. The molecule has 0 unspecified atom stereocenters. The zero-order valence-electron chi connectivity index (χ0n) is 10.8. The van der Waals surface area contributed by atoms with Crippen LogP contribution >= 0.6 is 0 Å². The van der Waals surface area contributed by atoms with Crippen LogP contribution in [-0.2, 0) is 0 Å². The van der Waals surface area contributed by atoms with Crippen LogP contribution in [0, 0.1) is 11.6 Å². The van der Waals surface area contributed by atoms with Gasteiger partial charge in [0.2, 0.25) is 0 Å². The Balaban J connectivity index is 2.13. The molecule has 0 fully saturated rings. The summed E-state index contributed by atoms with van der Waals surface area (Å²) in [7, 11) is 0. The number of benzene rings is 2. The van der Waals surface area contributed by atoms with Crippen molar-refractivity contribution in [2.24, 2.45) is 0 Å². The maximum absolute atomic E-state index is 13.6. The zero-order chi connectivity index (χ0) is 13.7. The summed E-state index contributed by atoms with van der Waals surface area (Å²) >= 11 is 0. The molecular weight excluding hydrogens is 246 g/mol. The summed E-state index contributed by atoms with van der Waals surface area (Å²) in [5.74, 6) is -0.361. The molecule has 0 aromatic heterocycles. The summed E-state index contributed by atoms with van der Waals surface area (Å²) in [6.45, 7) is 2.78. The fourth-order valence-electron chi connectivity index (χ4n) is 1.79.